The van der Waals surface area contributed by atoms with Gasteiger partial charge < -0.3 is 49.1 Å². The topological polar surface area (TPSA) is 201 Å². The first-order valence-electron chi connectivity index (χ1n) is 19.8. The summed E-state index contributed by atoms with van der Waals surface area (Å²) in [5.41, 5.74) is -2.31. The molecule has 14 atom stereocenters. The lowest BCUT2D eigenvalue weighted by molar-refractivity contribution is -0.300. The van der Waals surface area contributed by atoms with Crippen LogP contribution in [0.4, 0.5) is 9.59 Å². The predicted octanol–water partition coefficient (Wildman–Crippen LogP) is 4.03. The second-order valence-electron chi connectivity index (χ2n) is 16.4. The Labute approximate surface area is 335 Å². The third-order valence-electron chi connectivity index (χ3n) is 11.6. The van der Waals surface area contributed by atoms with Crippen molar-refractivity contribution in [2.45, 2.75) is 142 Å². The van der Waals surface area contributed by atoms with Gasteiger partial charge in [-0.05, 0) is 72.7 Å². The number of pyridine rings is 1. The van der Waals surface area contributed by atoms with E-state index in [-0.39, 0.29) is 37.3 Å². The molecule has 0 aliphatic carbocycles. The highest BCUT2D eigenvalue weighted by Gasteiger charge is 2.58. The van der Waals surface area contributed by atoms with Crippen molar-refractivity contribution >= 4 is 36.0 Å². The number of nitrogens with zero attached hydrogens (tertiary/aromatic N) is 2. The average molecular weight is 803 g/mol. The van der Waals surface area contributed by atoms with Gasteiger partial charge in [-0.25, -0.2) is 9.59 Å². The zero-order valence-electron chi connectivity index (χ0n) is 35.1. The molecule has 16 heteroatoms. The van der Waals surface area contributed by atoms with Crippen LogP contribution in [-0.2, 0) is 42.8 Å². The molecule has 2 amide bonds. The van der Waals surface area contributed by atoms with Crippen LogP contribution in [0.15, 0.2) is 30.6 Å². The number of Topliss-reactive ketones (excluding diaryl/α,β-unsaturated/α-hetero) is 1. The summed E-state index contributed by atoms with van der Waals surface area (Å²) >= 11 is 0. The summed E-state index contributed by atoms with van der Waals surface area (Å²) < 4.78 is 37.0. The fourth-order valence-corrected chi connectivity index (χ4v) is 8.60. The molecule has 0 saturated carbocycles. The number of rotatable bonds is 9. The summed E-state index contributed by atoms with van der Waals surface area (Å²) in [6.07, 6.45) is -0.399. The molecule has 0 spiro atoms. The van der Waals surface area contributed by atoms with Crippen molar-refractivity contribution in [3.05, 3.63) is 36.2 Å². The molecular formula is C41H62N4O12. The van der Waals surface area contributed by atoms with Crippen molar-refractivity contribution in [1.82, 2.24) is 20.5 Å². The number of carbonyl (C=O) groups excluding carboxylic acids is 5. The Hall–Kier alpha value is -4.12. The van der Waals surface area contributed by atoms with Gasteiger partial charge >= 0.3 is 24.1 Å². The third kappa shape index (κ3) is 10.7. The maximum absolute atomic E-state index is 14.5. The van der Waals surface area contributed by atoms with Gasteiger partial charge in [0.15, 0.2) is 18.0 Å². The van der Waals surface area contributed by atoms with Crippen LogP contribution in [0, 0.1) is 23.7 Å². The number of ketones is 1. The van der Waals surface area contributed by atoms with Crippen LogP contribution in [0.2, 0.25) is 0 Å². The number of nitrogens with one attached hydrogen (secondary N) is 2. The highest BCUT2D eigenvalue weighted by molar-refractivity contribution is 5.85. The molecule has 3 N–H and O–H groups in total. The summed E-state index contributed by atoms with van der Waals surface area (Å²) in [5, 5.41) is 17.5. The van der Waals surface area contributed by atoms with Gasteiger partial charge in [-0.2, -0.15) is 0 Å². The maximum Gasteiger partial charge on any atom is 0.408 e. The van der Waals surface area contributed by atoms with Gasteiger partial charge in [-0.1, -0.05) is 45.9 Å². The number of ether oxygens (including phenoxy) is 6. The van der Waals surface area contributed by atoms with Crippen LogP contribution in [0.3, 0.4) is 0 Å². The maximum atomic E-state index is 14.5. The number of likely N-dealkylation sites (N-methyl/N-ethyl adjacent to an activating group) is 1. The summed E-state index contributed by atoms with van der Waals surface area (Å²) in [6.45, 7) is 14.7. The number of aromatic nitrogens is 1. The molecule has 1 aromatic rings. The zero-order chi connectivity index (χ0) is 42.4. The van der Waals surface area contributed by atoms with Crippen LogP contribution in [-0.4, -0.2) is 126 Å². The van der Waals surface area contributed by atoms with Gasteiger partial charge in [-0.15, -0.1) is 0 Å². The SMILES string of the molecule is CC[C@H]1OC(=O)[C@H](C)[C@@H](O)[C@H](C)[C@@H](O[C@@H]2O[C@H](C)C[C@H](N(C)C)[C@H]2OC(C)=O)[C@](C)(OC(=O)NC/C=C/c2cccnc2)C[C@@H](C)C(=O)[C@H](C)[C@H]2NC(=O)O[C@@]21C. The number of aliphatic hydroxyl groups excluding tert-OH is 1. The molecule has 4 heterocycles. The van der Waals surface area contributed by atoms with Crippen LogP contribution < -0.4 is 10.6 Å². The number of carbonyl (C=O) groups is 5. The molecule has 4 rings (SSSR count). The number of amides is 2. The normalized spacial score (nSPS) is 38.0. The van der Waals surface area contributed by atoms with Crippen molar-refractivity contribution < 1.29 is 57.5 Å². The summed E-state index contributed by atoms with van der Waals surface area (Å²) in [6, 6.07) is 2.41. The van der Waals surface area contributed by atoms with Crippen LogP contribution in [0.5, 0.6) is 0 Å². The van der Waals surface area contributed by atoms with Crippen molar-refractivity contribution in [3.8, 4) is 0 Å². The van der Waals surface area contributed by atoms with Gasteiger partial charge in [0, 0.05) is 43.6 Å². The van der Waals surface area contributed by atoms with Crippen LogP contribution in [0.25, 0.3) is 6.08 Å². The minimum atomic E-state index is -1.71. The summed E-state index contributed by atoms with van der Waals surface area (Å²) in [7, 11) is 3.69. The van der Waals surface area contributed by atoms with E-state index in [0.29, 0.717) is 6.42 Å². The number of hydrogen-bond acceptors (Lipinski definition) is 14. The molecule has 3 fully saturated rings. The Morgan fingerprint density at radius 2 is 1.82 bits per heavy atom. The number of esters is 2. The largest absolute Gasteiger partial charge is 0.458 e. The Kier molecular flexibility index (Phi) is 15.3. The van der Waals surface area contributed by atoms with E-state index < -0.39 is 95.7 Å². The smallest absolute Gasteiger partial charge is 0.408 e. The van der Waals surface area contributed by atoms with E-state index in [1.807, 2.05) is 32.0 Å². The molecule has 0 unspecified atom stereocenters. The molecule has 3 saturated heterocycles. The number of cyclic esters (lactones) is 1. The molecule has 0 radical (unpaired) electrons. The monoisotopic (exact) mass is 802 g/mol. The quantitative estimate of drug-likeness (QED) is 0.239. The Balaban J connectivity index is 1.82. The van der Waals surface area contributed by atoms with E-state index in [1.54, 1.807) is 72.2 Å². The number of alkyl carbamates (subject to hydrolysis) is 2. The van der Waals surface area contributed by atoms with Crippen LogP contribution >= 0.6 is 0 Å². The first-order chi connectivity index (χ1) is 26.7. The van der Waals surface area contributed by atoms with Gasteiger partial charge in [0.2, 0.25) is 0 Å². The Morgan fingerprint density at radius 3 is 2.44 bits per heavy atom. The average Bonchev–Trinajstić information content (AvgIpc) is 3.47. The van der Waals surface area contributed by atoms with Gasteiger partial charge in [0.05, 0.1) is 30.2 Å². The predicted molar refractivity (Wildman–Crippen MR) is 207 cm³/mol. The fraction of sp³-hybridized carbons (Fsp3) is 0.707. The molecule has 0 bridgehead atoms. The highest BCUT2D eigenvalue weighted by Crippen LogP contribution is 2.41. The lowest BCUT2D eigenvalue weighted by Crippen LogP contribution is -2.61. The van der Waals surface area contributed by atoms with E-state index in [1.165, 1.54) is 13.8 Å². The summed E-state index contributed by atoms with van der Waals surface area (Å²) in [5.74, 6) is -5.47. The van der Waals surface area contributed by atoms with E-state index in [0.717, 1.165) is 5.56 Å². The molecule has 318 valence electrons. The van der Waals surface area contributed by atoms with Crippen molar-refractivity contribution in [2.24, 2.45) is 23.7 Å². The molecule has 1 aromatic heterocycles. The molecule has 3 aliphatic rings. The first-order valence-corrected chi connectivity index (χ1v) is 19.8. The standard InChI is InChI=1S/C41H62N4O12/c1-12-30-41(9)34(44-39(51)57-41)24(4)31(47)22(2)20-40(8,56-38(50)43-18-14-16-28-15-13-17-42-21-28)35(25(5)32(48)26(6)36(49)54-30)55-37-33(53-27(7)46)29(45(10)11)19-23(3)52-37/h13-17,21-26,29-30,32-35,37,48H,12,18-20H2,1-11H3,(H,43,50)(H,44,51)/b16-14+/t22-,23-,24+,25+,26-,29+,30-,32+,33-,34-,35-,37+,40-,41-/m1/s1. The molecule has 16 nitrogen and oxygen atoms in total. The van der Waals surface area contributed by atoms with Crippen molar-refractivity contribution in [2.75, 3.05) is 20.6 Å². The highest BCUT2D eigenvalue weighted by atomic mass is 16.7. The number of aliphatic hydroxyl groups is 1. The summed E-state index contributed by atoms with van der Waals surface area (Å²) in [4.78, 5) is 73.3. The van der Waals surface area contributed by atoms with E-state index in [4.69, 9.17) is 28.4 Å². The zero-order valence-corrected chi connectivity index (χ0v) is 35.1. The number of hydrogen-bond donors (Lipinski definition) is 3. The second-order valence-corrected chi connectivity index (χ2v) is 16.4. The second kappa shape index (κ2) is 19.1. The molecule has 57 heavy (non-hydrogen) atoms. The van der Waals surface area contributed by atoms with Crippen molar-refractivity contribution in [1.29, 1.82) is 0 Å². The molecular weight excluding hydrogens is 740 g/mol. The van der Waals surface area contributed by atoms with E-state index in [9.17, 15) is 29.1 Å². The van der Waals surface area contributed by atoms with Gasteiger partial charge in [0.1, 0.15) is 23.6 Å². The van der Waals surface area contributed by atoms with Gasteiger partial charge in [-0.3, -0.25) is 19.4 Å². The molecule has 3 aliphatic heterocycles. The van der Waals surface area contributed by atoms with E-state index in [2.05, 4.69) is 15.6 Å². The van der Waals surface area contributed by atoms with Gasteiger partial charge in [0.25, 0.3) is 0 Å². The Morgan fingerprint density at radius 1 is 1.12 bits per heavy atom. The number of fused-ring (bicyclic) bond motifs is 1. The minimum Gasteiger partial charge on any atom is -0.458 e. The lowest BCUT2D eigenvalue weighted by atomic mass is 9.73. The fourth-order valence-electron chi connectivity index (χ4n) is 8.60. The van der Waals surface area contributed by atoms with Crippen LogP contribution in [0.1, 0.15) is 87.1 Å². The molecule has 0 aromatic carbocycles. The minimum absolute atomic E-state index is 0.0722. The Bertz CT molecular complexity index is 1610. The first kappa shape index (κ1) is 45.6. The van der Waals surface area contributed by atoms with Crippen molar-refractivity contribution in [3.63, 3.8) is 0 Å². The van der Waals surface area contributed by atoms with E-state index >= 15 is 0 Å². The lowest BCUT2D eigenvalue weighted by Gasteiger charge is -2.48. The third-order valence-corrected chi connectivity index (χ3v) is 11.6.